The van der Waals surface area contributed by atoms with Crippen LogP contribution in [0.15, 0.2) is 36.4 Å². The monoisotopic (exact) mass is 429 g/mol. The minimum Gasteiger partial charge on any atom is -0.495 e. The van der Waals surface area contributed by atoms with E-state index in [-0.39, 0.29) is 29.3 Å². The highest BCUT2D eigenvalue weighted by Crippen LogP contribution is 2.27. The molecule has 29 heavy (non-hydrogen) atoms. The normalized spacial score (nSPS) is 10.8. The van der Waals surface area contributed by atoms with Gasteiger partial charge in [0.2, 0.25) is 0 Å². The fourth-order valence-corrected chi connectivity index (χ4v) is 2.93. The molecule has 2 amide bonds. The van der Waals surface area contributed by atoms with E-state index in [2.05, 4.69) is 10.1 Å². The molecule has 0 aliphatic carbocycles. The van der Waals surface area contributed by atoms with E-state index >= 15 is 0 Å². The molecule has 0 aromatic heterocycles. The van der Waals surface area contributed by atoms with Gasteiger partial charge in [-0.2, -0.15) is 8.42 Å². The molecule has 0 saturated carbocycles. The quantitative estimate of drug-likeness (QED) is 0.622. The lowest BCUT2D eigenvalue weighted by atomic mass is 10.1. The van der Waals surface area contributed by atoms with Crippen molar-refractivity contribution in [2.45, 2.75) is 6.92 Å². The van der Waals surface area contributed by atoms with Crippen molar-refractivity contribution < 1.29 is 36.3 Å². The Kier molecular flexibility index (Phi) is 6.93. The van der Waals surface area contributed by atoms with Gasteiger partial charge >= 0.3 is 16.3 Å². The molecule has 156 valence electrons. The van der Waals surface area contributed by atoms with Gasteiger partial charge in [-0.25, -0.2) is 18.3 Å². The van der Waals surface area contributed by atoms with Crippen molar-refractivity contribution in [1.29, 1.82) is 0 Å². The summed E-state index contributed by atoms with van der Waals surface area (Å²) in [5, 5.41) is 2.35. The molecule has 0 aliphatic heterocycles. The van der Waals surface area contributed by atoms with Crippen LogP contribution in [0.1, 0.15) is 17.3 Å². The molecule has 0 heterocycles. The largest absolute Gasteiger partial charge is 0.495 e. The molecular weight excluding hydrogens is 412 g/mol. The maximum atomic E-state index is 13.3. The second-order valence-corrected chi connectivity index (χ2v) is 6.84. The lowest BCUT2D eigenvalue weighted by Gasteiger charge is -2.14. The Morgan fingerprint density at radius 1 is 1.07 bits per heavy atom. The van der Waals surface area contributed by atoms with E-state index in [1.54, 1.807) is 4.72 Å². The number of carbonyl (C=O) groups excluding carboxylic acids is 2. The van der Waals surface area contributed by atoms with Crippen LogP contribution < -0.4 is 19.5 Å². The Morgan fingerprint density at radius 3 is 2.41 bits per heavy atom. The summed E-state index contributed by atoms with van der Waals surface area (Å²) < 4.78 is 63.5. The molecule has 0 atom stereocenters. The van der Waals surface area contributed by atoms with E-state index in [4.69, 9.17) is 4.74 Å². The van der Waals surface area contributed by atoms with Crippen LogP contribution in [0.3, 0.4) is 0 Å². The van der Waals surface area contributed by atoms with Gasteiger partial charge in [0.25, 0.3) is 5.91 Å². The van der Waals surface area contributed by atoms with Gasteiger partial charge in [0.15, 0.2) is 11.6 Å². The maximum Gasteiger partial charge on any atom is 0.422 e. The van der Waals surface area contributed by atoms with Crippen molar-refractivity contribution in [1.82, 2.24) is 4.72 Å². The highest BCUT2D eigenvalue weighted by atomic mass is 32.2. The van der Waals surface area contributed by atoms with Gasteiger partial charge in [0.1, 0.15) is 5.75 Å². The Hall–Kier alpha value is -3.41. The highest BCUT2D eigenvalue weighted by Gasteiger charge is 2.19. The van der Waals surface area contributed by atoms with Crippen LogP contribution in [-0.4, -0.2) is 34.1 Å². The van der Waals surface area contributed by atoms with Crippen molar-refractivity contribution in [3.63, 3.8) is 0 Å². The molecule has 2 aromatic rings. The van der Waals surface area contributed by atoms with Crippen LogP contribution in [-0.2, 0) is 14.9 Å². The minimum absolute atomic E-state index is 0.00386. The maximum absolute atomic E-state index is 13.3. The molecule has 0 aliphatic rings. The number of nitrogens with one attached hydrogen (secondary N) is 3. The molecule has 0 saturated heterocycles. The number of halogens is 2. The SMILES string of the molecule is CCOC(=O)NS(=O)(=O)Nc1cc(C(=O)Nc2ccc(F)c(F)c2)ccc1OC. The van der Waals surface area contributed by atoms with Gasteiger partial charge in [0, 0.05) is 17.3 Å². The molecule has 2 rings (SSSR count). The van der Waals surface area contributed by atoms with Crippen molar-refractivity contribution in [3.05, 3.63) is 53.6 Å². The standard InChI is InChI=1S/C17H17F2N3O6S/c1-3-28-17(24)22-29(25,26)21-14-8-10(4-7-15(14)27-2)16(23)20-11-5-6-12(18)13(19)9-11/h4-9,21H,3H2,1-2H3,(H,20,23)(H,22,24). The number of amides is 2. The predicted octanol–water partition coefficient (Wildman–Crippen LogP) is 2.63. The molecule has 0 radical (unpaired) electrons. The first-order valence-corrected chi connectivity index (χ1v) is 9.55. The van der Waals surface area contributed by atoms with Gasteiger partial charge in [-0.15, -0.1) is 0 Å². The average molecular weight is 429 g/mol. The van der Waals surface area contributed by atoms with Crippen molar-refractivity contribution in [3.8, 4) is 5.75 Å². The van der Waals surface area contributed by atoms with Crippen LogP contribution in [0.4, 0.5) is 25.0 Å². The van der Waals surface area contributed by atoms with E-state index in [0.717, 1.165) is 24.3 Å². The molecule has 0 unspecified atom stereocenters. The zero-order chi connectivity index (χ0) is 21.6. The van der Waals surface area contributed by atoms with Crippen LogP contribution in [0.2, 0.25) is 0 Å². The smallest absolute Gasteiger partial charge is 0.422 e. The number of ether oxygens (including phenoxy) is 2. The Bertz CT molecular complexity index is 1030. The summed E-state index contributed by atoms with van der Waals surface area (Å²) >= 11 is 0. The molecule has 9 nitrogen and oxygen atoms in total. The third kappa shape index (κ3) is 6.04. The molecule has 2 aromatic carbocycles. The number of methoxy groups -OCH3 is 1. The van der Waals surface area contributed by atoms with E-state index in [1.807, 2.05) is 4.72 Å². The third-order valence-corrected chi connectivity index (χ3v) is 4.30. The zero-order valence-electron chi connectivity index (χ0n) is 15.3. The Morgan fingerprint density at radius 2 is 1.79 bits per heavy atom. The summed E-state index contributed by atoms with van der Waals surface area (Å²) in [6, 6.07) is 6.57. The first kappa shape index (κ1) is 21.9. The molecule has 12 heteroatoms. The van der Waals surface area contributed by atoms with Gasteiger partial charge in [-0.3, -0.25) is 9.52 Å². The first-order valence-electron chi connectivity index (χ1n) is 8.07. The van der Waals surface area contributed by atoms with E-state index in [9.17, 15) is 26.8 Å². The number of carbonyl (C=O) groups is 2. The van der Waals surface area contributed by atoms with Crippen LogP contribution in [0.5, 0.6) is 5.75 Å². The highest BCUT2D eigenvalue weighted by molar-refractivity contribution is 7.91. The second-order valence-electron chi connectivity index (χ2n) is 5.43. The Balaban J connectivity index is 2.24. The van der Waals surface area contributed by atoms with Gasteiger partial charge < -0.3 is 14.8 Å². The number of rotatable bonds is 7. The first-order chi connectivity index (χ1) is 13.6. The fraction of sp³-hybridized carbons (Fsp3) is 0.176. The van der Waals surface area contributed by atoms with E-state index < -0.39 is 33.8 Å². The van der Waals surface area contributed by atoms with Crippen LogP contribution >= 0.6 is 0 Å². The van der Waals surface area contributed by atoms with E-state index in [1.165, 1.54) is 26.2 Å². The molecule has 0 spiro atoms. The lowest BCUT2D eigenvalue weighted by Crippen LogP contribution is -2.35. The van der Waals surface area contributed by atoms with Crippen molar-refractivity contribution in [2.75, 3.05) is 23.8 Å². The van der Waals surface area contributed by atoms with Gasteiger partial charge in [0.05, 0.1) is 19.4 Å². The fourth-order valence-electron chi connectivity index (χ4n) is 2.15. The second kappa shape index (κ2) is 9.19. The number of benzene rings is 2. The molecule has 0 fully saturated rings. The minimum atomic E-state index is -4.38. The summed E-state index contributed by atoms with van der Waals surface area (Å²) in [7, 11) is -3.11. The zero-order valence-corrected chi connectivity index (χ0v) is 16.1. The number of hydrogen-bond donors (Lipinski definition) is 3. The van der Waals surface area contributed by atoms with Crippen molar-refractivity contribution >= 4 is 33.6 Å². The van der Waals surface area contributed by atoms with Gasteiger partial charge in [-0.05, 0) is 37.3 Å². The lowest BCUT2D eigenvalue weighted by molar-refractivity contribution is 0.102. The topological polar surface area (TPSA) is 123 Å². The molecular formula is C17H17F2N3O6S. The summed E-state index contributed by atoms with van der Waals surface area (Å²) in [6.07, 6.45) is -1.19. The van der Waals surface area contributed by atoms with E-state index in [0.29, 0.717) is 0 Å². The van der Waals surface area contributed by atoms with Crippen LogP contribution in [0, 0.1) is 11.6 Å². The van der Waals surface area contributed by atoms with Crippen LogP contribution in [0.25, 0.3) is 0 Å². The average Bonchev–Trinajstić information content (AvgIpc) is 2.64. The van der Waals surface area contributed by atoms with Crippen molar-refractivity contribution in [2.24, 2.45) is 0 Å². The summed E-state index contributed by atoms with van der Waals surface area (Å²) in [6.45, 7) is 1.46. The number of anilines is 2. The summed E-state index contributed by atoms with van der Waals surface area (Å²) in [4.78, 5) is 23.7. The predicted molar refractivity (Wildman–Crippen MR) is 100 cm³/mol. The Labute approximate surface area is 165 Å². The molecule has 0 bridgehead atoms. The summed E-state index contributed by atoms with van der Waals surface area (Å²) in [5.74, 6) is -2.88. The summed E-state index contributed by atoms with van der Waals surface area (Å²) in [5.41, 5.74) is -0.178. The number of hydrogen-bond acceptors (Lipinski definition) is 6. The van der Waals surface area contributed by atoms with Gasteiger partial charge in [-0.1, -0.05) is 0 Å². The molecule has 3 N–H and O–H groups in total. The third-order valence-electron chi connectivity index (χ3n) is 3.38.